The minimum atomic E-state index is -4.83. The van der Waals surface area contributed by atoms with Crippen LogP contribution in [-0.4, -0.2) is 34.7 Å². The number of halogens is 5. The molecule has 41 heavy (non-hydrogen) atoms. The van der Waals surface area contributed by atoms with Gasteiger partial charge in [0.05, 0.1) is 17.4 Å². The molecule has 0 amide bonds. The molecule has 0 bridgehead atoms. The van der Waals surface area contributed by atoms with Gasteiger partial charge in [0.1, 0.15) is 22.7 Å². The molecule has 12 heteroatoms. The zero-order valence-corrected chi connectivity index (χ0v) is 24.8. The number of fused-ring (bicyclic) bond motifs is 1. The maximum Gasteiger partial charge on any atom is 0.573 e. The number of benzene rings is 2. The Hall–Kier alpha value is -2.70. The van der Waals surface area contributed by atoms with Crippen LogP contribution in [-0.2, 0) is 11.3 Å². The molecule has 1 saturated heterocycles. The van der Waals surface area contributed by atoms with Crippen molar-refractivity contribution in [2.24, 2.45) is 0 Å². The van der Waals surface area contributed by atoms with Gasteiger partial charge in [0.2, 0.25) is 0 Å². The Morgan fingerprint density at radius 1 is 1.17 bits per heavy atom. The number of piperidine rings is 1. The third kappa shape index (κ3) is 5.96. The molecule has 2 aromatic heterocycles. The molecule has 6 nitrogen and oxygen atoms in total. The van der Waals surface area contributed by atoms with Gasteiger partial charge in [-0.15, -0.1) is 13.2 Å². The van der Waals surface area contributed by atoms with Crippen molar-refractivity contribution in [2.75, 3.05) is 4.90 Å². The fourth-order valence-corrected chi connectivity index (χ4v) is 7.46. The Morgan fingerprint density at radius 2 is 1.95 bits per heavy atom. The number of ether oxygens (including phenoxy) is 2. The first kappa shape index (κ1) is 28.4. The predicted octanol–water partition coefficient (Wildman–Crippen LogP) is 8.98. The summed E-state index contributed by atoms with van der Waals surface area (Å²) in [5.41, 5.74) is 1.56. The minimum Gasteiger partial charge on any atom is -0.405 e. The lowest BCUT2D eigenvalue weighted by molar-refractivity contribution is -0.274. The highest BCUT2D eigenvalue weighted by Gasteiger charge is 2.38. The van der Waals surface area contributed by atoms with E-state index in [0.29, 0.717) is 33.4 Å². The molecule has 0 N–H and O–H groups in total. The van der Waals surface area contributed by atoms with Crippen molar-refractivity contribution >= 4 is 42.6 Å². The van der Waals surface area contributed by atoms with E-state index in [1.165, 1.54) is 29.5 Å². The molecule has 0 spiro atoms. The Balaban J connectivity index is 1.23. The monoisotopic (exact) mass is 653 g/mol. The first-order valence-electron chi connectivity index (χ1n) is 13.6. The van der Waals surface area contributed by atoms with E-state index in [1.807, 2.05) is 6.07 Å². The Morgan fingerprint density at radius 3 is 2.68 bits per heavy atom. The normalized spacial score (nSPS) is 21.5. The van der Waals surface area contributed by atoms with Gasteiger partial charge in [-0.2, -0.15) is 0 Å². The zero-order chi connectivity index (χ0) is 28.9. The highest BCUT2D eigenvalue weighted by atomic mass is 79.9. The van der Waals surface area contributed by atoms with Gasteiger partial charge >= 0.3 is 6.36 Å². The molecule has 218 valence electrons. The van der Waals surface area contributed by atoms with Crippen LogP contribution < -0.4 is 9.64 Å². The fraction of sp³-hybridized carbons (Fsp3) is 0.448. The van der Waals surface area contributed by atoms with Crippen LogP contribution in [0.25, 0.3) is 21.5 Å². The van der Waals surface area contributed by atoms with Crippen LogP contribution in [0.1, 0.15) is 63.2 Å². The summed E-state index contributed by atoms with van der Waals surface area (Å²) in [6.07, 6.45) is -0.754. The maximum atomic E-state index is 14.6. The largest absolute Gasteiger partial charge is 0.573 e. The molecule has 6 rings (SSSR count). The van der Waals surface area contributed by atoms with Gasteiger partial charge in [-0.05, 0) is 63.3 Å². The zero-order valence-electron chi connectivity index (χ0n) is 22.4. The molecule has 2 aliphatic rings. The SMILES string of the molecule is CC[C@H]1C[C@@H](OCc2c(-c3ccccc3OC(F)(F)F)noc2C2CC2)C[C@@H](C)N1c1nc2c(F)cc(Br)cc2s1. The van der Waals surface area contributed by atoms with E-state index in [0.717, 1.165) is 35.5 Å². The van der Waals surface area contributed by atoms with E-state index in [9.17, 15) is 17.6 Å². The molecule has 4 aromatic rings. The molecule has 1 saturated carbocycles. The van der Waals surface area contributed by atoms with Crippen molar-refractivity contribution < 1.29 is 31.6 Å². The van der Waals surface area contributed by atoms with E-state index >= 15 is 0 Å². The number of thiazole rings is 1. The lowest BCUT2D eigenvalue weighted by Crippen LogP contribution is -2.50. The lowest BCUT2D eigenvalue weighted by atomic mass is 9.92. The van der Waals surface area contributed by atoms with Gasteiger partial charge in [0, 0.05) is 33.6 Å². The Labute approximate surface area is 246 Å². The van der Waals surface area contributed by atoms with Crippen molar-refractivity contribution in [2.45, 2.75) is 83.0 Å². The highest BCUT2D eigenvalue weighted by Crippen LogP contribution is 2.46. The van der Waals surface area contributed by atoms with E-state index in [2.05, 4.69) is 49.6 Å². The molecular formula is C29H28BrF4N3O3S. The third-order valence-electron chi connectivity index (χ3n) is 7.70. The number of anilines is 1. The summed E-state index contributed by atoms with van der Waals surface area (Å²) >= 11 is 4.84. The standard InChI is InChI=1S/C29H28BrF4N3O3S/c1-3-18-13-19(10-15(2)37(18)28-35-26-22(31)11-17(30)12-24(26)41-28)38-14-21-25(36-40-27(21)16-8-9-16)20-6-4-5-7-23(20)39-29(32,33)34/h4-7,11-12,15-16,18-19H,3,8-10,13-14H2,1-2H3/t15-,18+,19+/m1/s1. The van der Waals surface area contributed by atoms with Gasteiger partial charge in [-0.3, -0.25) is 0 Å². The second-order valence-corrected chi connectivity index (χ2v) is 12.6. The quantitative estimate of drug-likeness (QED) is 0.177. The maximum absolute atomic E-state index is 14.6. The lowest BCUT2D eigenvalue weighted by Gasteiger charge is -2.43. The fourth-order valence-electron chi connectivity index (χ4n) is 5.68. The van der Waals surface area contributed by atoms with Crippen molar-refractivity contribution in [1.29, 1.82) is 0 Å². The molecule has 3 atom stereocenters. The first-order chi connectivity index (χ1) is 19.6. The van der Waals surface area contributed by atoms with Crippen LogP contribution in [0.5, 0.6) is 5.75 Å². The van der Waals surface area contributed by atoms with Crippen molar-refractivity contribution in [3.05, 3.63) is 58.0 Å². The summed E-state index contributed by atoms with van der Waals surface area (Å²) in [6, 6.07) is 9.47. The van der Waals surface area contributed by atoms with Gasteiger partial charge in [-0.25, -0.2) is 9.37 Å². The summed E-state index contributed by atoms with van der Waals surface area (Å²) in [5.74, 6) is 0.175. The van der Waals surface area contributed by atoms with Crippen molar-refractivity contribution in [3.8, 4) is 17.0 Å². The number of hydrogen-bond acceptors (Lipinski definition) is 7. The van der Waals surface area contributed by atoms with E-state index < -0.39 is 6.36 Å². The third-order valence-corrected chi connectivity index (χ3v) is 9.17. The second kappa shape index (κ2) is 11.2. The number of nitrogens with zero attached hydrogens (tertiary/aromatic N) is 3. The van der Waals surface area contributed by atoms with Crippen LogP contribution in [0.15, 0.2) is 45.4 Å². The van der Waals surface area contributed by atoms with Crippen LogP contribution in [0.3, 0.4) is 0 Å². The van der Waals surface area contributed by atoms with Crippen LogP contribution in [0, 0.1) is 5.82 Å². The summed E-state index contributed by atoms with van der Waals surface area (Å²) in [4.78, 5) is 6.92. The Kier molecular flexibility index (Phi) is 7.75. The number of rotatable bonds is 8. The summed E-state index contributed by atoms with van der Waals surface area (Å²) in [6.45, 7) is 4.39. The summed E-state index contributed by atoms with van der Waals surface area (Å²) < 4.78 is 71.8. The molecule has 3 heterocycles. The smallest absolute Gasteiger partial charge is 0.405 e. The van der Waals surface area contributed by atoms with Gasteiger partial charge in [-0.1, -0.05) is 51.5 Å². The van der Waals surface area contributed by atoms with E-state index in [4.69, 9.17) is 9.26 Å². The van der Waals surface area contributed by atoms with E-state index in [-0.39, 0.29) is 47.8 Å². The van der Waals surface area contributed by atoms with Crippen LogP contribution >= 0.6 is 27.3 Å². The molecule has 1 aliphatic heterocycles. The molecule has 2 aromatic carbocycles. The number of para-hydroxylation sites is 1. The van der Waals surface area contributed by atoms with Crippen molar-refractivity contribution in [3.63, 3.8) is 0 Å². The number of hydrogen-bond donors (Lipinski definition) is 0. The number of alkyl halides is 3. The molecule has 1 aliphatic carbocycles. The topological polar surface area (TPSA) is 60.6 Å². The minimum absolute atomic E-state index is 0.0801. The predicted molar refractivity (Wildman–Crippen MR) is 152 cm³/mol. The van der Waals surface area contributed by atoms with Gasteiger partial charge in [0.15, 0.2) is 10.9 Å². The summed E-state index contributed by atoms with van der Waals surface area (Å²) in [7, 11) is 0. The summed E-state index contributed by atoms with van der Waals surface area (Å²) in [5, 5.41) is 4.97. The molecule has 0 unspecified atom stereocenters. The second-order valence-electron chi connectivity index (χ2n) is 10.6. The van der Waals surface area contributed by atoms with Gasteiger partial charge < -0.3 is 18.9 Å². The van der Waals surface area contributed by atoms with Crippen LogP contribution in [0.2, 0.25) is 0 Å². The first-order valence-corrected chi connectivity index (χ1v) is 15.2. The highest BCUT2D eigenvalue weighted by molar-refractivity contribution is 9.10. The number of aromatic nitrogens is 2. The molecule has 0 radical (unpaired) electrons. The van der Waals surface area contributed by atoms with Gasteiger partial charge in [0.25, 0.3) is 0 Å². The molecular weight excluding hydrogens is 626 g/mol. The van der Waals surface area contributed by atoms with Crippen molar-refractivity contribution in [1.82, 2.24) is 10.1 Å². The van der Waals surface area contributed by atoms with Crippen LogP contribution in [0.4, 0.5) is 22.7 Å². The Bertz CT molecular complexity index is 1550. The molecule has 2 fully saturated rings. The average molecular weight is 655 g/mol. The van der Waals surface area contributed by atoms with E-state index in [1.54, 1.807) is 12.1 Å². The average Bonchev–Trinajstić information content (AvgIpc) is 3.53.